The molecule has 3 heteroatoms. The van der Waals surface area contributed by atoms with Gasteiger partial charge in [0.05, 0.1) is 0 Å². The zero-order valence-electron chi connectivity index (χ0n) is 11.3. The molecule has 100 valence electrons. The van der Waals surface area contributed by atoms with Crippen molar-refractivity contribution in [3.05, 3.63) is 22.4 Å². The van der Waals surface area contributed by atoms with Crippen molar-refractivity contribution >= 4 is 11.3 Å². The second kappa shape index (κ2) is 4.95. The second-order valence-corrected chi connectivity index (χ2v) is 7.12. The fourth-order valence-electron chi connectivity index (χ4n) is 2.99. The molecule has 3 rings (SSSR count). The molecule has 2 aliphatic carbocycles. The molecule has 0 saturated heterocycles. The molecule has 1 aromatic rings. The van der Waals surface area contributed by atoms with E-state index >= 15 is 0 Å². The summed E-state index contributed by atoms with van der Waals surface area (Å²) < 4.78 is 0. The number of rotatable bonds is 7. The molecule has 2 nitrogen and oxygen atoms in total. The van der Waals surface area contributed by atoms with Crippen LogP contribution in [0, 0.1) is 5.92 Å². The fraction of sp³-hybridized carbons (Fsp3) is 0.733. The van der Waals surface area contributed by atoms with Gasteiger partial charge in [0.2, 0.25) is 0 Å². The highest BCUT2D eigenvalue weighted by molar-refractivity contribution is 7.07. The van der Waals surface area contributed by atoms with E-state index in [0.717, 1.165) is 25.0 Å². The first-order valence-corrected chi connectivity index (χ1v) is 8.13. The standard InChI is InChI=1S/C15H24N2S/c1-15(11-16,8-12-2-3-12)17(14-4-5-14)9-13-6-7-18-10-13/h6-7,10,12,14H,2-5,8-9,11,16H2,1H3. The van der Waals surface area contributed by atoms with Crippen molar-refractivity contribution in [1.82, 2.24) is 4.90 Å². The molecule has 2 fully saturated rings. The summed E-state index contributed by atoms with van der Waals surface area (Å²) in [7, 11) is 0. The van der Waals surface area contributed by atoms with Gasteiger partial charge < -0.3 is 5.73 Å². The van der Waals surface area contributed by atoms with Crippen LogP contribution in [0.15, 0.2) is 16.8 Å². The van der Waals surface area contributed by atoms with E-state index in [1.807, 2.05) is 0 Å². The molecular formula is C15H24N2S. The molecule has 1 unspecified atom stereocenters. The van der Waals surface area contributed by atoms with E-state index in [1.165, 1.54) is 37.7 Å². The van der Waals surface area contributed by atoms with E-state index in [-0.39, 0.29) is 5.54 Å². The largest absolute Gasteiger partial charge is 0.329 e. The van der Waals surface area contributed by atoms with Gasteiger partial charge in [0.15, 0.2) is 0 Å². The highest BCUT2D eigenvalue weighted by Crippen LogP contribution is 2.42. The molecule has 0 bridgehead atoms. The summed E-state index contributed by atoms with van der Waals surface area (Å²) in [6.07, 6.45) is 6.87. The molecule has 2 saturated carbocycles. The van der Waals surface area contributed by atoms with Crippen molar-refractivity contribution in [3.63, 3.8) is 0 Å². The zero-order valence-corrected chi connectivity index (χ0v) is 12.1. The minimum absolute atomic E-state index is 0.213. The summed E-state index contributed by atoms with van der Waals surface area (Å²) in [5.41, 5.74) is 7.81. The van der Waals surface area contributed by atoms with Gasteiger partial charge in [-0.05, 0) is 54.5 Å². The quantitative estimate of drug-likeness (QED) is 0.819. The third-order valence-electron chi connectivity index (χ3n) is 4.48. The minimum Gasteiger partial charge on any atom is -0.329 e. The van der Waals surface area contributed by atoms with Crippen LogP contribution in [-0.4, -0.2) is 23.0 Å². The van der Waals surface area contributed by atoms with E-state index in [9.17, 15) is 0 Å². The fourth-order valence-corrected chi connectivity index (χ4v) is 3.65. The van der Waals surface area contributed by atoms with Crippen molar-refractivity contribution in [2.24, 2.45) is 11.7 Å². The molecule has 2 aliphatic rings. The summed E-state index contributed by atoms with van der Waals surface area (Å²) in [6.45, 7) is 4.27. The van der Waals surface area contributed by atoms with Crippen LogP contribution in [-0.2, 0) is 6.54 Å². The molecule has 0 aliphatic heterocycles. The highest BCUT2D eigenvalue weighted by Gasteiger charge is 2.43. The molecule has 0 radical (unpaired) electrons. The predicted molar refractivity (Wildman–Crippen MR) is 77.7 cm³/mol. The van der Waals surface area contributed by atoms with Crippen LogP contribution < -0.4 is 5.73 Å². The van der Waals surface area contributed by atoms with Crippen LogP contribution in [0.25, 0.3) is 0 Å². The minimum atomic E-state index is 0.213. The Hall–Kier alpha value is -0.380. The van der Waals surface area contributed by atoms with Crippen LogP contribution in [0.4, 0.5) is 0 Å². The summed E-state index contributed by atoms with van der Waals surface area (Å²) in [4.78, 5) is 2.70. The van der Waals surface area contributed by atoms with E-state index in [4.69, 9.17) is 5.73 Å². The molecule has 0 spiro atoms. The van der Waals surface area contributed by atoms with Crippen LogP contribution >= 0.6 is 11.3 Å². The van der Waals surface area contributed by atoms with Crippen LogP contribution in [0.1, 0.15) is 44.6 Å². The van der Waals surface area contributed by atoms with Gasteiger partial charge in [0.25, 0.3) is 0 Å². The van der Waals surface area contributed by atoms with Crippen LogP contribution in [0.3, 0.4) is 0 Å². The molecular weight excluding hydrogens is 240 g/mol. The van der Waals surface area contributed by atoms with Gasteiger partial charge in [-0.15, -0.1) is 0 Å². The van der Waals surface area contributed by atoms with Crippen molar-refractivity contribution in [3.8, 4) is 0 Å². The lowest BCUT2D eigenvalue weighted by molar-refractivity contribution is 0.0785. The average molecular weight is 264 g/mol. The molecule has 18 heavy (non-hydrogen) atoms. The smallest absolute Gasteiger partial charge is 0.0312 e. The Morgan fingerprint density at radius 2 is 2.17 bits per heavy atom. The summed E-state index contributed by atoms with van der Waals surface area (Å²) in [6, 6.07) is 3.05. The highest BCUT2D eigenvalue weighted by atomic mass is 32.1. The molecule has 1 atom stereocenters. The predicted octanol–water partition coefficient (Wildman–Crippen LogP) is 3.23. The molecule has 2 N–H and O–H groups in total. The first-order chi connectivity index (χ1) is 8.71. The lowest BCUT2D eigenvalue weighted by atomic mass is 9.91. The summed E-state index contributed by atoms with van der Waals surface area (Å²) >= 11 is 1.80. The van der Waals surface area contributed by atoms with Crippen molar-refractivity contribution in [2.75, 3.05) is 6.54 Å². The SMILES string of the molecule is CC(CN)(CC1CC1)N(Cc1ccsc1)C1CC1. The Balaban J connectivity index is 1.73. The second-order valence-electron chi connectivity index (χ2n) is 6.34. The van der Waals surface area contributed by atoms with Gasteiger partial charge in [-0.1, -0.05) is 12.8 Å². The maximum absolute atomic E-state index is 6.14. The van der Waals surface area contributed by atoms with Crippen molar-refractivity contribution < 1.29 is 0 Å². The number of hydrogen-bond acceptors (Lipinski definition) is 3. The van der Waals surface area contributed by atoms with E-state index in [0.29, 0.717) is 0 Å². The average Bonchev–Trinajstić information content (AvgIpc) is 3.29. The number of nitrogens with two attached hydrogens (primary N) is 1. The van der Waals surface area contributed by atoms with Crippen LogP contribution in [0.2, 0.25) is 0 Å². The van der Waals surface area contributed by atoms with Gasteiger partial charge in [-0.3, -0.25) is 4.90 Å². The van der Waals surface area contributed by atoms with Crippen LogP contribution in [0.5, 0.6) is 0 Å². The van der Waals surface area contributed by atoms with Crippen molar-refractivity contribution in [2.45, 2.75) is 57.2 Å². The maximum Gasteiger partial charge on any atom is 0.0312 e. The summed E-state index contributed by atoms with van der Waals surface area (Å²) in [5, 5.41) is 4.46. The Morgan fingerprint density at radius 1 is 1.39 bits per heavy atom. The maximum atomic E-state index is 6.14. The van der Waals surface area contributed by atoms with E-state index in [1.54, 1.807) is 11.3 Å². The van der Waals surface area contributed by atoms with E-state index in [2.05, 4.69) is 28.7 Å². The molecule has 0 aromatic carbocycles. The number of thiophene rings is 1. The molecule has 1 aromatic heterocycles. The monoisotopic (exact) mass is 264 g/mol. The summed E-state index contributed by atoms with van der Waals surface area (Å²) in [5.74, 6) is 0.947. The number of nitrogens with zero attached hydrogens (tertiary/aromatic N) is 1. The first-order valence-electron chi connectivity index (χ1n) is 7.19. The van der Waals surface area contributed by atoms with Gasteiger partial charge in [0.1, 0.15) is 0 Å². The Labute approximate surface area is 114 Å². The van der Waals surface area contributed by atoms with E-state index < -0.39 is 0 Å². The zero-order chi connectivity index (χ0) is 12.6. The van der Waals surface area contributed by atoms with Gasteiger partial charge >= 0.3 is 0 Å². The van der Waals surface area contributed by atoms with Gasteiger partial charge in [0, 0.05) is 24.7 Å². The number of hydrogen-bond donors (Lipinski definition) is 1. The van der Waals surface area contributed by atoms with Crippen molar-refractivity contribution in [1.29, 1.82) is 0 Å². The topological polar surface area (TPSA) is 29.3 Å². The van der Waals surface area contributed by atoms with Gasteiger partial charge in [-0.25, -0.2) is 0 Å². The normalized spacial score (nSPS) is 23.3. The lowest BCUT2D eigenvalue weighted by Crippen LogP contribution is -2.52. The molecule has 0 amide bonds. The Kier molecular flexibility index (Phi) is 3.48. The third kappa shape index (κ3) is 2.79. The lowest BCUT2D eigenvalue weighted by Gasteiger charge is -2.41. The Morgan fingerprint density at radius 3 is 2.67 bits per heavy atom. The third-order valence-corrected chi connectivity index (χ3v) is 5.21. The Bertz CT molecular complexity index is 381. The van der Waals surface area contributed by atoms with Gasteiger partial charge in [-0.2, -0.15) is 11.3 Å². The first kappa shape index (κ1) is 12.6. The molecule has 1 heterocycles.